The third-order valence-electron chi connectivity index (χ3n) is 2.26. The van der Waals surface area contributed by atoms with Crippen molar-refractivity contribution in [1.82, 2.24) is 10.2 Å². The monoisotopic (exact) mass is 200 g/mol. The molecule has 0 spiro atoms. The van der Waals surface area contributed by atoms with Crippen LogP contribution in [0.5, 0.6) is 0 Å². The topological polar surface area (TPSA) is 58.6 Å². The van der Waals surface area contributed by atoms with Crippen molar-refractivity contribution in [2.24, 2.45) is 0 Å². The maximum absolute atomic E-state index is 11.2. The molecule has 1 atom stereocenters. The number of esters is 1. The van der Waals surface area contributed by atoms with E-state index in [0.29, 0.717) is 19.7 Å². The van der Waals surface area contributed by atoms with Gasteiger partial charge in [-0.3, -0.25) is 14.5 Å². The van der Waals surface area contributed by atoms with Crippen molar-refractivity contribution in [3.8, 4) is 0 Å². The maximum atomic E-state index is 11.2. The van der Waals surface area contributed by atoms with Crippen molar-refractivity contribution < 1.29 is 14.3 Å². The molecule has 14 heavy (non-hydrogen) atoms. The average molecular weight is 200 g/mol. The van der Waals surface area contributed by atoms with Crippen LogP contribution >= 0.6 is 0 Å². The number of amides is 1. The van der Waals surface area contributed by atoms with Crippen molar-refractivity contribution in [1.29, 1.82) is 0 Å². The molecule has 0 aromatic heterocycles. The summed E-state index contributed by atoms with van der Waals surface area (Å²) >= 11 is 0. The van der Waals surface area contributed by atoms with E-state index < -0.39 is 0 Å². The molecule has 0 saturated carbocycles. The van der Waals surface area contributed by atoms with Gasteiger partial charge in [0, 0.05) is 13.1 Å². The molecule has 1 fully saturated rings. The van der Waals surface area contributed by atoms with Crippen molar-refractivity contribution >= 4 is 11.9 Å². The minimum atomic E-state index is -0.269. The summed E-state index contributed by atoms with van der Waals surface area (Å²) in [4.78, 5) is 24.2. The number of hydrogen-bond donors (Lipinski definition) is 1. The van der Waals surface area contributed by atoms with Crippen molar-refractivity contribution in [2.45, 2.75) is 19.9 Å². The Labute approximate surface area is 83.4 Å². The lowest BCUT2D eigenvalue weighted by atomic mass is 10.2. The smallest absolute Gasteiger partial charge is 0.320 e. The first-order chi connectivity index (χ1) is 6.65. The Morgan fingerprint density at radius 1 is 1.71 bits per heavy atom. The zero-order valence-corrected chi connectivity index (χ0v) is 8.58. The van der Waals surface area contributed by atoms with E-state index in [4.69, 9.17) is 4.74 Å². The number of carbonyl (C=O) groups excluding carboxylic acids is 2. The second-order valence-corrected chi connectivity index (χ2v) is 3.24. The molecular weight excluding hydrogens is 184 g/mol. The Kier molecular flexibility index (Phi) is 3.88. The summed E-state index contributed by atoms with van der Waals surface area (Å²) in [5.41, 5.74) is 0. The molecule has 1 rings (SSSR count). The van der Waals surface area contributed by atoms with Crippen LogP contribution in [0.3, 0.4) is 0 Å². The molecule has 1 aliphatic rings. The van der Waals surface area contributed by atoms with Crippen LogP contribution in [-0.2, 0) is 14.3 Å². The van der Waals surface area contributed by atoms with Crippen LogP contribution in [0.2, 0.25) is 0 Å². The van der Waals surface area contributed by atoms with E-state index in [-0.39, 0.29) is 24.5 Å². The molecule has 1 amide bonds. The van der Waals surface area contributed by atoms with Gasteiger partial charge in [-0.05, 0) is 13.8 Å². The molecule has 0 radical (unpaired) electrons. The summed E-state index contributed by atoms with van der Waals surface area (Å²) in [5, 5.41) is 2.73. The predicted molar refractivity (Wildman–Crippen MR) is 50.7 cm³/mol. The lowest BCUT2D eigenvalue weighted by Crippen LogP contribution is -2.55. The Bertz CT molecular complexity index is 230. The van der Waals surface area contributed by atoms with E-state index in [9.17, 15) is 9.59 Å². The Hall–Kier alpha value is -1.10. The van der Waals surface area contributed by atoms with Gasteiger partial charge in [0.1, 0.15) is 0 Å². The second kappa shape index (κ2) is 4.95. The molecule has 1 aliphatic heterocycles. The molecule has 1 saturated heterocycles. The summed E-state index contributed by atoms with van der Waals surface area (Å²) in [6, 6.07) is -0.242. The quantitative estimate of drug-likeness (QED) is 0.616. The van der Waals surface area contributed by atoms with Gasteiger partial charge in [0.15, 0.2) is 0 Å². The third kappa shape index (κ3) is 2.70. The molecule has 5 nitrogen and oxygen atoms in total. The fourth-order valence-corrected chi connectivity index (χ4v) is 1.42. The highest BCUT2D eigenvalue weighted by Crippen LogP contribution is 2.03. The standard InChI is InChI=1S/C9H16N2O3/c1-3-14-8(12)6-11-5-4-10-9(13)7(11)2/h7H,3-6H2,1-2H3,(H,10,13). The summed E-state index contributed by atoms with van der Waals surface area (Å²) in [5.74, 6) is -0.297. The molecule has 1 unspecified atom stereocenters. The van der Waals surface area contributed by atoms with E-state index in [0.717, 1.165) is 0 Å². The Balaban J connectivity index is 2.43. The molecule has 80 valence electrons. The van der Waals surface area contributed by atoms with Crippen LogP contribution in [0.25, 0.3) is 0 Å². The van der Waals surface area contributed by atoms with E-state index in [1.165, 1.54) is 0 Å². The zero-order valence-electron chi connectivity index (χ0n) is 8.58. The molecule has 0 aliphatic carbocycles. The van der Waals surface area contributed by atoms with Crippen LogP contribution in [0.15, 0.2) is 0 Å². The highest BCUT2D eigenvalue weighted by atomic mass is 16.5. The van der Waals surface area contributed by atoms with Gasteiger partial charge in [0.25, 0.3) is 0 Å². The van der Waals surface area contributed by atoms with Gasteiger partial charge in [0.05, 0.1) is 19.2 Å². The lowest BCUT2D eigenvalue weighted by molar-refractivity contribution is -0.146. The van der Waals surface area contributed by atoms with Crippen LogP contribution < -0.4 is 5.32 Å². The minimum Gasteiger partial charge on any atom is -0.465 e. The highest BCUT2D eigenvalue weighted by Gasteiger charge is 2.26. The van der Waals surface area contributed by atoms with Crippen LogP contribution in [-0.4, -0.2) is 49.1 Å². The molecule has 0 aromatic carbocycles. The largest absolute Gasteiger partial charge is 0.465 e. The summed E-state index contributed by atoms with van der Waals surface area (Å²) in [6.45, 7) is 5.43. The van der Waals surface area contributed by atoms with Crippen molar-refractivity contribution in [2.75, 3.05) is 26.2 Å². The second-order valence-electron chi connectivity index (χ2n) is 3.24. The summed E-state index contributed by atoms with van der Waals surface area (Å²) in [7, 11) is 0. The van der Waals surface area contributed by atoms with Crippen molar-refractivity contribution in [3.05, 3.63) is 0 Å². The number of ether oxygens (including phenoxy) is 1. The molecular formula is C9H16N2O3. The highest BCUT2D eigenvalue weighted by molar-refractivity contribution is 5.83. The van der Waals surface area contributed by atoms with E-state index in [1.54, 1.807) is 13.8 Å². The molecule has 1 heterocycles. The average Bonchev–Trinajstić information content (AvgIpc) is 2.13. The lowest BCUT2D eigenvalue weighted by Gasteiger charge is -2.31. The van der Waals surface area contributed by atoms with Gasteiger partial charge < -0.3 is 10.1 Å². The van der Waals surface area contributed by atoms with Gasteiger partial charge in [-0.1, -0.05) is 0 Å². The van der Waals surface area contributed by atoms with Gasteiger partial charge >= 0.3 is 5.97 Å². The fraction of sp³-hybridized carbons (Fsp3) is 0.778. The van der Waals surface area contributed by atoms with E-state index in [2.05, 4.69) is 5.32 Å². The zero-order chi connectivity index (χ0) is 10.6. The minimum absolute atomic E-state index is 0.0273. The first-order valence-corrected chi connectivity index (χ1v) is 4.82. The SMILES string of the molecule is CCOC(=O)CN1CCNC(=O)C1C. The number of carbonyl (C=O) groups is 2. The van der Waals surface area contributed by atoms with Crippen LogP contribution in [0.4, 0.5) is 0 Å². The molecule has 1 N–H and O–H groups in total. The molecule has 0 bridgehead atoms. The maximum Gasteiger partial charge on any atom is 0.320 e. The Morgan fingerprint density at radius 2 is 2.43 bits per heavy atom. The molecule has 0 aromatic rings. The summed E-state index contributed by atoms with van der Waals surface area (Å²) in [6.07, 6.45) is 0. The number of rotatable bonds is 3. The van der Waals surface area contributed by atoms with Gasteiger partial charge in [-0.2, -0.15) is 0 Å². The van der Waals surface area contributed by atoms with Gasteiger partial charge in [-0.25, -0.2) is 0 Å². The normalized spacial score (nSPS) is 23.0. The third-order valence-corrected chi connectivity index (χ3v) is 2.26. The number of hydrogen-bond acceptors (Lipinski definition) is 4. The number of nitrogens with zero attached hydrogens (tertiary/aromatic N) is 1. The van der Waals surface area contributed by atoms with Gasteiger partial charge in [-0.15, -0.1) is 0 Å². The van der Waals surface area contributed by atoms with Crippen LogP contribution in [0.1, 0.15) is 13.8 Å². The molecule has 5 heteroatoms. The first kappa shape index (κ1) is 11.0. The predicted octanol–water partition coefficient (Wildman–Crippen LogP) is -0.630. The van der Waals surface area contributed by atoms with Crippen LogP contribution in [0, 0.1) is 0 Å². The van der Waals surface area contributed by atoms with E-state index in [1.807, 2.05) is 4.90 Å². The van der Waals surface area contributed by atoms with Gasteiger partial charge in [0.2, 0.25) is 5.91 Å². The fourth-order valence-electron chi connectivity index (χ4n) is 1.42. The summed E-state index contributed by atoms with van der Waals surface area (Å²) < 4.78 is 4.82. The van der Waals surface area contributed by atoms with E-state index >= 15 is 0 Å². The number of piperazine rings is 1. The van der Waals surface area contributed by atoms with Crippen molar-refractivity contribution in [3.63, 3.8) is 0 Å². The first-order valence-electron chi connectivity index (χ1n) is 4.82. The number of nitrogens with one attached hydrogen (secondary N) is 1. The Morgan fingerprint density at radius 3 is 3.07 bits per heavy atom.